The molecule has 1 aliphatic carbocycles. The molecule has 0 heterocycles. The van der Waals surface area contributed by atoms with E-state index in [9.17, 15) is 4.21 Å². The highest BCUT2D eigenvalue weighted by Gasteiger charge is 2.27. The van der Waals surface area contributed by atoms with Crippen molar-refractivity contribution in [2.24, 2.45) is 4.36 Å². The van der Waals surface area contributed by atoms with Crippen LogP contribution in [0.4, 0.5) is 5.69 Å². The van der Waals surface area contributed by atoms with Gasteiger partial charge in [-0.05, 0) is 31.0 Å². The fourth-order valence-electron chi connectivity index (χ4n) is 1.91. The van der Waals surface area contributed by atoms with E-state index in [1.54, 1.807) is 6.07 Å². The van der Waals surface area contributed by atoms with E-state index < -0.39 is 9.92 Å². The van der Waals surface area contributed by atoms with Crippen LogP contribution < -0.4 is 5.73 Å². The molecule has 0 bridgehead atoms. The number of anilines is 1. The zero-order valence-corrected chi connectivity index (χ0v) is 11.8. The van der Waals surface area contributed by atoms with Gasteiger partial charge in [0, 0.05) is 18.8 Å². The molecule has 0 saturated heterocycles. The first-order valence-corrected chi connectivity index (χ1v) is 7.94. The Morgan fingerprint density at radius 3 is 2.56 bits per heavy atom. The van der Waals surface area contributed by atoms with Crippen LogP contribution in [-0.4, -0.2) is 27.6 Å². The fraction of sp³-hybridized carbons (Fsp3) is 0.538. The number of nitrogens with two attached hydrogens (primary N) is 1. The Hall–Kier alpha value is -1.07. The molecule has 4 nitrogen and oxygen atoms in total. The van der Waals surface area contributed by atoms with Gasteiger partial charge in [-0.3, -0.25) is 0 Å². The highest BCUT2D eigenvalue weighted by atomic mass is 32.2. The van der Waals surface area contributed by atoms with Gasteiger partial charge >= 0.3 is 0 Å². The standard InChI is InChI=1S/C13H21N3OS/c1-3-16(4-2)18(17,15-12-8-9-12)13-7-5-6-11(14)10-13/h5-7,10,12H,3-4,8-9,14H2,1-2H3. The lowest BCUT2D eigenvalue weighted by Crippen LogP contribution is -2.31. The summed E-state index contributed by atoms with van der Waals surface area (Å²) in [6.45, 7) is 5.47. The SMILES string of the molecule is CCN(CC)S(=O)(=NC1CC1)c1cccc(N)c1. The van der Waals surface area contributed by atoms with Gasteiger partial charge in [0.05, 0.1) is 10.9 Å². The summed E-state index contributed by atoms with van der Waals surface area (Å²) in [7, 11) is -2.49. The molecule has 18 heavy (non-hydrogen) atoms. The molecule has 1 aromatic rings. The van der Waals surface area contributed by atoms with Gasteiger partial charge in [0.1, 0.15) is 9.92 Å². The van der Waals surface area contributed by atoms with E-state index in [-0.39, 0.29) is 6.04 Å². The fourth-order valence-corrected chi connectivity index (χ4v) is 4.33. The summed E-state index contributed by atoms with van der Waals surface area (Å²) in [4.78, 5) is 0.734. The Kier molecular flexibility index (Phi) is 3.92. The van der Waals surface area contributed by atoms with Gasteiger partial charge in [-0.2, -0.15) is 0 Å². The van der Waals surface area contributed by atoms with Crippen LogP contribution in [0.3, 0.4) is 0 Å². The first-order chi connectivity index (χ1) is 8.60. The molecule has 2 rings (SSSR count). The second-order valence-electron chi connectivity index (χ2n) is 4.52. The van der Waals surface area contributed by atoms with Crippen LogP contribution in [0.1, 0.15) is 26.7 Å². The van der Waals surface area contributed by atoms with Crippen LogP contribution in [0.15, 0.2) is 33.5 Å². The van der Waals surface area contributed by atoms with Crippen LogP contribution in [0.2, 0.25) is 0 Å². The Morgan fingerprint density at radius 1 is 1.39 bits per heavy atom. The summed E-state index contributed by atoms with van der Waals surface area (Å²) in [6.07, 6.45) is 2.11. The van der Waals surface area contributed by atoms with Gasteiger partial charge in [0.15, 0.2) is 0 Å². The summed E-state index contributed by atoms with van der Waals surface area (Å²) < 4.78 is 19.8. The molecule has 0 spiro atoms. The topological polar surface area (TPSA) is 58.7 Å². The van der Waals surface area contributed by atoms with Crippen LogP contribution in [0.25, 0.3) is 0 Å². The van der Waals surface area contributed by atoms with Crippen molar-refractivity contribution in [1.82, 2.24) is 4.31 Å². The first-order valence-electron chi connectivity index (χ1n) is 6.47. The normalized spacial score (nSPS) is 18.6. The van der Waals surface area contributed by atoms with Gasteiger partial charge in [0.2, 0.25) is 0 Å². The van der Waals surface area contributed by atoms with Crippen LogP contribution in [0, 0.1) is 0 Å². The van der Waals surface area contributed by atoms with Crippen molar-refractivity contribution < 1.29 is 4.21 Å². The third-order valence-corrected chi connectivity index (χ3v) is 5.73. The lowest BCUT2D eigenvalue weighted by Gasteiger charge is -2.23. The van der Waals surface area contributed by atoms with Gasteiger partial charge in [-0.25, -0.2) is 12.9 Å². The monoisotopic (exact) mass is 267 g/mol. The molecule has 0 aliphatic heterocycles. The average molecular weight is 267 g/mol. The predicted molar refractivity (Wildman–Crippen MR) is 75.6 cm³/mol. The molecule has 0 radical (unpaired) electrons. The van der Waals surface area contributed by atoms with Crippen molar-refractivity contribution in [3.63, 3.8) is 0 Å². The van der Waals surface area contributed by atoms with Crippen LogP contribution in [0.5, 0.6) is 0 Å². The highest BCUT2D eigenvalue weighted by molar-refractivity contribution is 7.91. The molecule has 1 saturated carbocycles. The van der Waals surface area contributed by atoms with E-state index in [4.69, 9.17) is 5.73 Å². The largest absolute Gasteiger partial charge is 0.399 e. The third-order valence-electron chi connectivity index (χ3n) is 3.06. The highest BCUT2D eigenvalue weighted by Crippen LogP contribution is 2.29. The van der Waals surface area contributed by atoms with E-state index in [1.807, 2.05) is 36.4 Å². The number of hydrogen-bond donors (Lipinski definition) is 1. The lowest BCUT2D eigenvalue weighted by molar-refractivity contribution is 0.480. The molecule has 100 valence electrons. The van der Waals surface area contributed by atoms with Crippen molar-refractivity contribution in [2.45, 2.75) is 37.6 Å². The maximum Gasteiger partial charge on any atom is 0.140 e. The molecule has 1 aliphatic rings. The minimum atomic E-state index is -2.49. The van der Waals surface area contributed by atoms with Crippen molar-refractivity contribution in [3.05, 3.63) is 24.3 Å². The molecule has 1 fully saturated rings. The maximum atomic E-state index is 13.3. The molecular weight excluding hydrogens is 246 g/mol. The van der Waals surface area contributed by atoms with Crippen LogP contribution in [-0.2, 0) is 9.92 Å². The predicted octanol–water partition coefficient (Wildman–Crippen LogP) is 2.51. The number of nitrogen functional groups attached to an aromatic ring is 1. The second-order valence-corrected chi connectivity index (χ2v) is 6.71. The van der Waals surface area contributed by atoms with E-state index in [1.165, 1.54) is 0 Å². The lowest BCUT2D eigenvalue weighted by atomic mass is 10.3. The average Bonchev–Trinajstić information content (AvgIpc) is 3.14. The summed E-state index contributed by atoms with van der Waals surface area (Å²) in [5, 5.41) is 0. The quantitative estimate of drug-likeness (QED) is 0.833. The molecular formula is C13H21N3OS. The molecule has 5 heteroatoms. The molecule has 1 aromatic carbocycles. The van der Waals surface area contributed by atoms with E-state index in [0.29, 0.717) is 5.69 Å². The van der Waals surface area contributed by atoms with Crippen molar-refractivity contribution in [3.8, 4) is 0 Å². The molecule has 0 amide bonds. The van der Waals surface area contributed by atoms with Crippen molar-refractivity contribution in [1.29, 1.82) is 0 Å². The molecule has 1 atom stereocenters. The van der Waals surface area contributed by atoms with Gasteiger partial charge < -0.3 is 5.73 Å². The summed E-state index contributed by atoms with van der Waals surface area (Å²) in [5.41, 5.74) is 6.44. The summed E-state index contributed by atoms with van der Waals surface area (Å²) >= 11 is 0. The van der Waals surface area contributed by atoms with Gasteiger partial charge in [-0.1, -0.05) is 19.9 Å². The van der Waals surface area contributed by atoms with Crippen molar-refractivity contribution in [2.75, 3.05) is 18.8 Å². The van der Waals surface area contributed by atoms with Crippen molar-refractivity contribution >= 4 is 15.6 Å². The minimum Gasteiger partial charge on any atom is -0.399 e. The van der Waals surface area contributed by atoms with E-state index >= 15 is 0 Å². The molecule has 1 unspecified atom stereocenters. The summed E-state index contributed by atoms with van der Waals surface area (Å²) in [6, 6.07) is 7.56. The number of rotatable bonds is 5. The van der Waals surface area contributed by atoms with Gasteiger partial charge in [0.25, 0.3) is 0 Å². The zero-order chi connectivity index (χ0) is 13.2. The van der Waals surface area contributed by atoms with E-state index in [2.05, 4.69) is 4.36 Å². The minimum absolute atomic E-state index is 0.263. The Balaban J connectivity index is 2.51. The van der Waals surface area contributed by atoms with Crippen LogP contribution >= 0.6 is 0 Å². The second kappa shape index (κ2) is 5.28. The third kappa shape index (κ3) is 2.67. The zero-order valence-electron chi connectivity index (χ0n) is 11.0. The molecule has 0 aromatic heterocycles. The summed E-state index contributed by atoms with van der Waals surface area (Å²) in [5.74, 6) is 0. The number of hydrogen-bond acceptors (Lipinski definition) is 3. The smallest absolute Gasteiger partial charge is 0.140 e. The molecule has 2 N–H and O–H groups in total. The van der Waals surface area contributed by atoms with Gasteiger partial charge in [-0.15, -0.1) is 0 Å². The number of nitrogens with zero attached hydrogens (tertiary/aromatic N) is 2. The Bertz CT molecular complexity index is 527. The number of benzene rings is 1. The first kappa shape index (κ1) is 13.4. The van der Waals surface area contributed by atoms with E-state index in [0.717, 1.165) is 30.8 Å². The Labute approximate surface area is 109 Å². The maximum absolute atomic E-state index is 13.3. The Morgan fingerprint density at radius 2 is 2.06 bits per heavy atom.